The normalized spacial score (nSPS) is 12.3. The molecule has 2 rings (SSSR count). The Labute approximate surface area is 155 Å². The molecule has 0 bridgehead atoms. The molecule has 0 saturated carbocycles. The van der Waals surface area contributed by atoms with Gasteiger partial charge in [-0.1, -0.05) is 36.4 Å². The van der Waals surface area contributed by atoms with Gasteiger partial charge in [0.25, 0.3) is 6.54 Å². The summed E-state index contributed by atoms with van der Waals surface area (Å²) < 4.78 is 30.2. The molecule has 0 saturated heterocycles. The molecule has 0 spiro atoms. The Kier molecular flexibility index (Phi) is 6.29. The summed E-state index contributed by atoms with van der Waals surface area (Å²) in [6.45, 7) is -0.0585. The number of hydrogen-bond acceptors (Lipinski definition) is 8. The molecule has 1 atom stereocenters. The number of benzene rings is 2. The lowest BCUT2D eigenvalue weighted by molar-refractivity contribution is -0.480. The molecule has 0 amide bonds. The Hall–Kier alpha value is -3.21. The summed E-state index contributed by atoms with van der Waals surface area (Å²) in [5, 5.41) is 19.8. The average Bonchev–Trinajstić information content (AvgIpc) is 2.60. The standard InChI is InChI=1S/C16H16N3O7S/c17-14-3-1-2-4-15(14)26-27(24,25)16(11-19(22)23)13-7-5-12(6-8-13)9-10-18(20)21/h1-8,10,16H,9,11,17H2. The topological polar surface area (TPSA) is 156 Å². The van der Waals surface area contributed by atoms with Gasteiger partial charge >= 0.3 is 10.1 Å². The summed E-state index contributed by atoms with van der Waals surface area (Å²) in [4.78, 5) is 20.0. The second kappa shape index (κ2) is 8.45. The molecule has 11 heteroatoms. The van der Waals surface area contributed by atoms with Gasteiger partial charge in [0.1, 0.15) is 0 Å². The van der Waals surface area contributed by atoms with E-state index in [1.54, 1.807) is 6.07 Å². The zero-order valence-corrected chi connectivity index (χ0v) is 14.7. The van der Waals surface area contributed by atoms with Crippen LogP contribution < -0.4 is 9.92 Å². The Balaban J connectivity index is 2.29. The molecule has 0 heterocycles. The monoisotopic (exact) mass is 394 g/mol. The maximum Gasteiger partial charge on any atom is 0.323 e. The fraction of sp³-hybridized carbons (Fsp3) is 0.188. The van der Waals surface area contributed by atoms with Gasteiger partial charge < -0.3 is 9.92 Å². The van der Waals surface area contributed by atoms with Gasteiger partial charge in [-0.3, -0.25) is 20.2 Å². The van der Waals surface area contributed by atoms with E-state index in [0.29, 0.717) is 5.56 Å². The van der Waals surface area contributed by atoms with Crippen molar-refractivity contribution in [3.05, 3.63) is 86.4 Å². The summed E-state index contributed by atoms with van der Waals surface area (Å²) in [5.74, 6) is -0.122. The zero-order valence-electron chi connectivity index (χ0n) is 13.9. The fourth-order valence-corrected chi connectivity index (χ4v) is 3.60. The minimum Gasteiger partial charge on any atom is -0.396 e. The van der Waals surface area contributed by atoms with Crippen molar-refractivity contribution in [2.45, 2.75) is 11.7 Å². The second-order valence-corrected chi connectivity index (χ2v) is 7.25. The number of nitrogens with zero attached hydrogens (tertiary/aromatic N) is 2. The summed E-state index contributed by atoms with van der Waals surface area (Å²) >= 11 is 0. The maximum absolute atomic E-state index is 12.6. The highest BCUT2D eigenvalue weighted by Gasteiger charge is 2.34. The van der Waals surface area contributed by atoms with Crippen LogP contribution >= 0.6 is 0 Å². The van der Waals surface area contributed by atoms with Crippen LogP contribution in [-0.4, -0.2) is 24.8 Å². The summed E-state index contributed by atoms with van der Waals surface area (Å²) in [5.41, 5.74) is 6.43. The van der Waals surface area contributed by atoms with Crippen LogP contribution in [0.2, 0.25) is 0 Å². The molecule has 2 aromatic carbocycles. The van der Waals surface area contributed by atoms with E-state index in [0.717, 1.165) is 6.54 Å². The number of nitro groups is 2. The molecule has 0 aliphatic carbocycles. The average molecular weight is 394 g/mol. The highest BCUT2D eigenvalue weighted by Crippen LogP contribution is 2.29. The lowest BCUT2D eigenvalue weighted by Gasteiger charge is -2.16. The van der Waals surface area contributed by atoms with Crippen LogP contribution in [0.15, 0.2) is 48.5 Å². The van der Waals surface area contributed by atoms with Crippen molar-refractivity contribution in [2.75, 3.05) is 12.3 Å². The molecule has 1 unspecified atom stereocenters. The zero-order chi connectivity index (χ0) is 20.0. The molecule has 27 heavy (non-hydrogen) atoms. The van der Waals surface area contributed by atoms with Crippen LogP contribution in [0, 0.1) is 26.8 Å². The first-order valence-electron chi connectivity index (χ1n) is 7.64. The molecule has 0 aromatic heterocycles. The Bertz CT molecular complexity index is 929. The van der Waals surface area contributed by atoms with Gasteiger partial charge in [0.2, 0.25) is 6.54 Å². The predicted octanol–water partition coefficient (Wildman–Crippen LogP) is 1.98. The molecule has 2 aromatic rings. The SMILES string of the molecule is Nc1ccccc1OS(=O)(=O)C(C[N+](=O)[O-])c1ccc(C[CH][N+](=O)[O-])cc1. The van der Waals surface area contributed by atoms with E-state index >= 15 is 0 Å². The Morgan fingerprint density at radius 2 is 1.70 bits per heavy atom. The molecule has 1 radical (unpaired) electrons. The van der Waals surface area contributed by atoms with Gasteiger partial charge in [-0.2, -0.15) is 8.42 Å². The third-order valence-electron chi connectivity index (χ3n) is 3.62. The third kappa shape index (κ3) is 5.64. The smallest absolute Gasteiger partial charge is 0.323 e. The van der Waals surface area contributed by atoms with E-state index in [9.17, 15) is 28.6 Å². The number of rotatable bonds is 9. The van der Waals surface area contributed by atoms with Gasteiger partial charge in [0, 0.05) is 16.3 Å². The van der Waals surface area contributed by atoms with Gasteiger partial charge in [0.05, 0.1) is 5.69 Å². The largest absolute Gasteiger partial charge is 0.396 e. The number of nitrogen functional groups attached to an aromatic ring is 1. The molecule has 0 aliphatic heterocycles. The van der Waals surface area contributed by atoms with Crippen LogP contribution in [0.1, 0.15) is 16.4 Å². The first-order valence-corrected chi connectivity index (χ1v) is 9.11. The fourth-order valence-electron chi connectivity index (χ4n) is 2.29. The van der Waals surface area contributed by atoms with Crippen molar-refractivity contribution in [2.24, 2.45) is 0 Å². The number of hydrogen-bond donors (Lipinski definition) is 1. The quantitative estimate of drug-likeness (QED) is 0.293. The van der Waals surface area contributed by atoms with Crippen LogP contribution in [0.3, 0.4) is 0 Å². The van der Waals surface area contributed by atoms with E-state index in [1.165, 1.54) is 42.5 Å². The first-order chi connectivity index (χ1) is 12.7. The number of anilines is 1. The van der Waals surface area contributed by atoms with Crippen LogP contribution in [0.4, 0.5) is 5.69 Å². The van der Waals surface area contributed by atoms with E-state index in [-0.39, 0.29) is 23.4 Å². The van der Waals surface area contributed by atoms with Gasteiger partial charge in [-0.05, 0) is 23.3 Å². The minimum absolute atomic E-state index is 0.0387. The number of para-hydroxylation sites is 2. The second-order valence-electron chi connectivity index (χ2n) is 5.53. The maximum atomic E-state index is 12.6. The van der Waals surface area contributed by atoms with Crippen LogP contribution in [-0.2, 0) is 16.5 Å². The van der Waals surface area contributed by atoms with E-state index in [4.69, 9.17) is 9.92 Å². The van der Waals surface area contributed by atoms with Gasteiger partial charge in [0.15, 0.2) is 11.0 Å². The first kappa shape index (κ1) is 20.1. The molecule has 143 valence electrons. The molecule has 2 N–H and O–H groups in total. The highest BCUT2D eigenvalue weighted by molar-refractivity contribution is 7.87. The van der Waals surface area contributed by atoms with E-state index in [1.807, 2.05) is 0 Å². The summed E-state index contributed by atoms with van der Waals surface area (Å²) in [6.07, 6.45) is 0.0387. The van der Waals surface area contributed by atoms with Crippen molar-refractivity contribution in [3.63, 3.8) is 0 Å². The summed E-state index contributed by atoms with van der Waals surface area (Å²) in [6, 6.07) is 11.6. The van der Waals surface area contributed by atoms with Crippen molar-refractivity contribution < 1.29 is 22.4 Å². The Morgan fingerprint density at radius 3 is 2.26 bits per heavy atom. The Morgan fingerprint density at radius 1 is 1.07 bits per heavy atom. The molecular formula is C16H16N3O7S. The van der Waals surface area contributed by atoms with E-state index in [2.05, 4.69) is 0 Å². The molecule has 10 nitrogen and oxygen atoms in total. The van der Waals surface area contributed by atoms with Crippen LogP contribution in [0.5, 0.6) is 5.75 Å². The van der Waals surface area contributed by atoms with Gasteiger partial charge in [-0.25, -0.2) is 0 Å². The van der Waals surface area contributed by atoms with Crippen molar-refractivity contribution in [3.8, 4) is 5.75 Å². The molecule has 0 fully saturated rings. The predicted molar refractivity (Wildman–Crippen MR) is 96.4 cm³/mol. The van der Waals surface area contributed by atoms with Crippen molar-refractivity contribution in [1.82, 2.24) is 0 Å². The van der Waals surface area contributed by atoms with Crippen LogP contribution in [0.25, 0.3) is 0 Å². The lowest BCUT2D eigenvalue weighted by Crippen LogP contribution is -2.26. The third-order valence-corrected chi connectivity index (χ3v) is 5.15. The molecule has 0 aliphatic rings. The van der Waals surface area contributed by atoms with Crippen molar-refractivity contribution in [1.29, 1.82) is 0 Å². The number of nitrogens with two attached hydrogens (primary N) is 1. The van der Waals surface area contributed by atoms with Gasteiger partial charge in [-0.15, -0.1) is 0 Å². The lowest BCUT2D eigenvalue weighted by atomic mass is 10.1. The van der Waals surface area contributed by atoms with Crippen molar-refractivity contribution >= 4 is 15.8 Å². The summed E-state index contributed by atoms with van der Waals surface area (Å²) in [7, 11) is -4.42. The van der Waals surface area contributed by atoms with E-state index < -0.39 is 31.8 Å². The molecular weight excluding hydrogens is 378 g/mol. The highest BCUT2D eigenvalue weighted by atomic mass is 32.2. The minimum atomic E-state index is -4.42.